The van der Waals surface area contributed by atoms with Crippen molar-refractivity contribution in [2.45, 2.75) is 69.4 Å². The van der Waals surface area contributed by atoms with Crippen LogP contribution in [0, 0.1) is 5.82 Å². The number of Topliss-reactive ketones (excluding diaryl/α,β-unsaturated/α-hetero) is 1. The van der Waals surface area contributed by atoms with Crippen molar-refractivity contribution in [1.82, 2.24) is 14.7 Å². The summed E-state index contributed by atoms with van der Waals surface area (Å²) in [5.74, 6) is -0.365. The Bertz CT molecular complexity index is 827. The number of hydrogen-bond acceptors (Lipinski definition) is 4. The topological polar surface area (TPSA) is 60.9 Å². The zero-order chi connectivity index (χ0) is 22.0. The minimum absolute atomic E-state index is 0.0233. The molecule has 3 aliphatic rings. The van der Waals surface area contributed by atoms with Gasteiger partial charge in [0.1, 0.15) is 11.4 Å². The van der Waals surface area contributed by atoms with E-state index in [4.69, 9.17) is 0 Å². The Morgan fingerprint density at radius 2 is 1.71 bits per heavy atom. The van der Waals surface area contributed by atoms with Crippen LogP contribution < -0.4 is 0 Å². The largest absolute Gasteiger partial charge is 0.327 e. The van der Waals surface area contributed by atoms with Crippen LogP contribution in [0.5, 0.6) is 0 Å². The maximum Gasteiger partial charge on any atom is 0.327 e. The van der Waals surface area contributed by atoms with Gasteiger partial charge in [-0.2, -0.15) is 0 Å². The third-order valence-corrected chi connectivity index (χ3v) is 7.32. The van der Waals surface area contributed by atoms with Crippen LogP contribution in [0.4, 0.5) is 9.18 Å². The van der Waals surface area contributed by atoms with Gasteiger partial charge in [0.05, 0.1) is 0 Å². The average molecular weight is 430 g/mol. The van der Waals surface area contributed by atoms with E-state index in [-0.39, 0.29) is 29.6 Å². The van der Waals surface area contributed by atoms with E-state index in [2.05, 4.69) is 4.90 Å². The summed E-state index contributed by atoms with van der Waals surface area (Å²) in [5, 5.41) is 0. The molecule has 1 aromatic carbocycles. The van der Waals surface area contributed by atoms with Crippen LogP contribution in [0.2, 0.25) is 0 Å². The third kappa shape index (κ3) is 4.25. The number of nitrogens with zero attached hydrogens (tertiary/aromatic N) is 3. The predicted octanol–water partition coefficient (Wildman–Crippen LogP) is 3.85. The monoisotopic (exact) mass is 429 g/mol. The molecule has 7 heteroatoms. The van der Waals surface area contributed by atoms with E-state index in [9.17, 15) is 18.8 Å². The fourth-order valence-corrected chi connectivity index (χ4v) is 5.54. The van der Waals surface area contributed by atoms with Gasteiger partial charge in [0, 0.05) is 38.2 Å². The molecule has 1 spiro atoms. The van der Waals surface area contributed by atoms with Crippen molar-refractivity contribution in [3.63, 3.8) is 0 Å². The molecular weight excluding hydrogens is 397 g/mol. The predicted molar refractivity (Wildman–Crippen MR) is 115 cm³/mol. The van der Waals surface area contributed by atoms with Gasteiger partial charge >= 0.3 is 6.03 Å². The second-order valence-electron chi connectivity index (χ2n) is 9.22. The van der Waals surface area contributed by atoms with Crippen LogP contribution in [-0.4, -0.2) is 70.7 Å². The Hall–Kier alpha value is -2.28. The summed E-state index contributed by atoms with van der Waals surface area (Å²) in [6, 6.07) is 5.73. The number of urea groups is 1. The number of likely N-dealkylation sites (N-methyl/N-ethyl adjacent to an activating group) is 1. The summed E-state index contributed by atoms with van der Waals surface area (Å²) in [5.41, 5.74) is -0.144. The average Bonchev–Trinajstić information content (AvgIpc) is 2.97. The van der Waals surface area contributed by atoms with Gasteiger partial charge in [-0.1, -0.05) is 19.3 Å². The van der Waals surface area contributed by atoms with Crippen LogP contribution in [-0.2, 0) is 4.79 Å². The Morgan fingerprint density at radius 3 is 2.35 bits per heavy atom. The van der Waals surface area contributed by atoms with Crippen molar-refractivity contribution in [2.24, 2.45) is 0 Å². The molecule has 3 fully saturated rings. The Morgan fingerprint density at radius 1 is 1.06 bits per heavy atom. The number of amides is 3. The number of imide groups is 1. The first-order valence-corrected chi connectivity index (χ1v) is 11.5. The highest BCUT2D eigenvalue weighted by molar-refractivity contribution is 6.07. The Labute approximate surface area is 183 Å². The summed E-state index contributed by atoms with van der Waals surface area (Å²) in [6.07, 6.45) is 7.89. The summed E-state index contributed by atoms with van der Waals surface area (Å²) in [6.45, 7) is 2.28. The SMILES string of the molecule is CN1C(=O)N(C2CCCCC2)C2(CCN(CCCC(=O)c3ccc(F)cc3)CC2)C1=O. The number of benzene rings is 1. The van der Waals surface area contributed by atoms with E-state index >= 15 is 0 Å². The molecule has 0 unspecified atom stereocenters. The van der Waals surface area contributed by atoms with Crippen molar-refractivity contribution >= 4 is 17.7 Å². The summed E-state index contributed by atoms with van der Waals surface area (Å²) >= 11 is 0. The normalized spacial score (nSPS) is 22.5. The maximum atomic E-state index is 13.1. The zero-order valence-corrected chi connectivity index (χ0v) is 18.3. The Kier molecular flexibility index (Phi) is 6.42. The molecule has 0 radical (unpaired) electrons. The van der Waals surface area contributed by atoms with Crippen molar-refractivity contribution < 1.29 is 18.8 Å². The van der Waals surface area contributed by atoms with Gasteiger partial charge in [-0.3, -0.25) is 14.5 Å². The molecule has 2 heterocycles. The first-order valence-electron chi connectivity index (χ1n) is 11.5. The molecule has 1 aromatic rings. The van der Waals surface area contributed by atoms with Crippen LogP contribution in [0.25, 0.3) is 0 Å². The molecular formula is C24H32FN3O3. The summed E-state index contributed by atoms with van der Waals surface area (Å²) in [4.78, 5) is 43.9. The van der Waals surface area contributed by atoms with Crippen LogP contribution in [0.15, 0.2) is 24.3 Å². The first-order chi connectivity index (χ1) is 14.9. The van der Waals surface area contributed by atoms with E-state index in [0.717, 1.165) is 51.7 Å². The van der Waals surface area contributed by atoms with Crippen molar-refractivity contribution in [3.05, 3.63) is 35.6 Å². The number of ketones is 1. The molecule has 0 bridgehead atoms. The molecule has 4 rings (SSSR count). The minimum atomic E-state index is -0.686. The standard InChI is InChI=1S/C24H32FN3O3/c1-26-22(30)24(28(23(26)31)20-6-3-2-4-7-20)13-16-27(17-14-24)15-5-8-21(29)18-9-11-19(25)12-10-18/h9-12,20H,2-8,13-17H2,1H3. The fourth-order valence-electron chi connectivity index (χ4n) is 5.54. The second-order valence-corrected chi connectivity index (χ2v) is 9.22. The number of carbonyl (C=O) groups is 3. The molecule has 3 amide bonds. The molecule has 0 N–H and O–H groups in total. The number of halogens is 1. The van der Waals surface area contributed by atoms with Crippen LogP contribution in [0.3, 0.4) is 0 Å². The molecule has 2 saturated heterocycles. The van der Waals surface area contributed by atoms with E-state index in [1.807, 2.05) is 4.90 Å². The van der Waals surface area contributed by atoms with Gasteiger partial charge in [-0.15, -0.1) is 0 Å². The van der Waals surface area contributed by atoms with Crippen LogP contribution in [0.1, 0.15) is 68.1 Å². The molecule has 6 nitrogen and oxygen atoms in total. The summed E-state index contributed by atoms with van der Waals surface area (Å²) < 4.78 is 13.0. The van der Waals surface area contributed by atoms with Gasteiger partial charge in [0.15, 0.2) is 5.78 Å². The second kappa shape index (κ2) is 9.07. The smallest absolute Gasteiger partial charge is 0.306 e. The fraction of sp³-hybridized carbons (Fsp3) is 0.625. The van der Waals surface area contributed by atoms with E-state index in [0.29, 0.717) is 24.8 Å². The maximum absolute atomic E-state index is 13.1. The van der Waals surface area contributed by atoms with E-state index < -0.39 is 5.54 Å². The highest BCUT2D eigenvalue weighted by Crippen LogP contribution is 2.41. The lowest BCUT2D eigenvalue weighted by Crippen LogP contribution is -2.59. The molecule has 0 atom stereocenters. The van der Waals surface area contributed by atoms with E-state index in [1.165, 1.54) is 35.6 Å². The van der Waals surface area contributed by atoms with Gasteiger partial charge in [-0.25, -0.2) is 9.18 Å². The molecule has 2 aliphatic heterocycles. The van der Waals surface area contributed by atoms with Gasteiger partial charge in [0.2, 0.25) is 0 Å². The number of piperidine rings is 1. The molecule has 1 aliphatic carbocycles. The molecule has 31 heavy (non-hydrogen) atoms. The minimum Gasteiger partial charge on any atom is -0.306 e. The zero-order valence-electron chi connectivity index (χ0n) is 18.3. The number of hydrogen-bond donors (Lipinski definition) is 0. The number of likely N-dealkylation sites (tertiary alicyclic amines) is 1. The van der Waals surface area contributed by atoms with Crippen molar-refractivity contribution in [1.29, 1.82) is 0 Å². The first kappa shape index (κ1) is 21.9. The number of rotatable bonds is 6. The van der Waals surface area contributed by atoms with Gasteiger partial charge < -0.3 is 9.80 Å². The molecule has 168 valence electrons. The lowest BCUT2D eigenvalue weighted by Gasteiger charge is -2.46. The Balaban J connectivity index is 1.33. The molecule has 1 saturated carbocycles. The van der Waals surface area contributed by atoms with Gasteiger partial charge in [0.25, 0.3) is 5.91 Å². The van der Waals surface area contributed by atoms with Crippen molar-refractivity contribution in [2.75, 3.05) is 26.7 Å². The van der Waals surface area contributed by atoms with Crippen molar-refractivity contribution in [3.8, 4) is 0 Å². The van der Waals surface area contributed by atoms with E-state index in [1.54, 1.807) is 7.05 Å². The van der Waals surface area contributed by atoms with Crippen LogP contribution >= 0.6 is 0 Å². The lowest BCUT2D eigenvalue weighted by molar-refractivity contribution is -0.135. The summed E-state index contributed by atoms with van der Waals surface area (Å²) in [7, 11) is 1.61. The third-order valence-electron chi connectivity index (χ3n) is 7.32. The lowest BCUT2D eigenvalue weighted by atomic mass is 9.82. The highest BCUT2D eigenvalue weighted by atomic mass is 19.1. The van der Waals surface area contributed by atoms with Gasteiger partial charge in [-0.05, 0) is 62.9 Å². The quantitative estimate of drug-likeness (QED) is 0.509. The number of carbonyl (C=O) groups excluding carboxylic acids is 3. The molecule has 0 aromatic heterocycles. The highest BCUT2D eigenvalue weighted by Gasteiger charge is 2.58.